The van der Waals surface area contributed by atoms with Crippen LogP contribution in [0.25, 0.3) is 0 Å². The highest BCUT2D eigenvalue weighted by atomic mass is 16.5. The van der Waals surface area contributed by atoms with Gasteiger partial charge >= 0.3 is 0 Å². The number of fused-ring (bicyclic) bond motifs is 1. The van der Waals surface area contributed by atoms with Gasteiger partial charge in [0.1, 0.15) is 0 Å². The van der Waals surface area contributed by atoms with Crippen molar-refractivity contribution in [1.29, 1.82) is 0 Å². The van der Waals surface area contributed by atoms with Crippen molar-refractivity contribution in [3.8, 4) is 0 Å². The fraction of sp³-hybridized carbons (Fsp3) is 1.00. The summed E-state index contributed by atoms with van der Waals surface area (Å²) in [5.41, 5.74) is 0. The number of likely N-dealkylation sites (N-methyl/N-ethyl adjacent to an activating group) is 1. The molecule has 0 aromatic heterocycles. The van der Waals surface area contributed by atoms with E-state index < -0.39 is 0 Å². The van der Waals surface area contributed by atoms with Crippen molar-refractivity contribution in [3.63, 3.8) is 0 Å². The molecule has 1 unspecified atom stereocenters. The predicted molar refractivity (Wildman–Crippen MR) is 75.9 cm³/mol. The van der Waals surface area contributed by atoms with Crippen molar-refractivity contribution in [2.75, 3.05) is 33.4 Å². The van der Waals surface area contributed by atoms with Crippen LogP contribution in [0, 0.1) is 5.92 Å². The Balaban J connectivity index is 1.97. The Morgan fingerprint density at radius 1 is 1.22 bits per heavy atom. The van der Waals surface area contributed by atoms with E-state index in [1.54, 1.807) is 0 Å². The van der Waals surface area contributed by atoms with Crippen molar-refractivity contribution in [2.45, 2.75) is 57.5 Å². The van der Waals surface area contributed by atoms with Gasteiger partial charge in [0.05, 0.1) is 6.61 Å². The highest BCUT2D eigenvalue weighted by Crippen LogP contribution is 2.36. The Kier molecular flexibility index (Phi) is 5.93. The van der Waals surface area contributed by atoms with Crippen LogP contribution in [0.15, 0.2) is 0 Å². The van der Waals surface area contributed by atoms with Crippen LogP contribution < -0.4 is 5.32 Å². The lowest BCUT2D eigenvalue weighted by Gasteiger charge is -2.47. The largest absolute Gasteiger partial charge is 0.383 e. The summed E-state index contributed by atoms with van der Waals surface area (Å²) in [4.78, 5) is 2.76. The molecule has 3 atom stereocenters. The summed E-state index contributed by atoms with van der Waals surface area (Å²) >= 11 is 0. The molecule has 3 nitrogen and oxygen atoms in total. The van der Waals surface area contributed by atoms with Gasteiger partial charge in [0.2, 0.25) is 0 Å². The summed E-state index contributed by atoms with van der Waals surface area (Å²) in [6.07, 6.45) is 8.60. The molecule has 1 aliphatic heterocycles. The van der Waals surface area contributed by atoms with Crippen LogP contribution in [-0.4, -0.2) is 50.3 Å². The van der Waals surface area contributed by atoms with Crippen LogP contribution in [0.4, 0.5) is 0 Å². The molecule has 2 aliphatic rings. The molecule has 0 aromatic carbocycles. The summed E-state index contributed by atoms with van der Waals surface area (Å²) in [6.45, 7) is 6.47. The number of nitrogens with one attached hydrogen (secondary N) is 1. The third kappa shape index (κ3) is 3.46. The summed E-state index contributed by atoms with van der Waals surface area (Å²) in [6, 6.07) is 1.41. The third-order valence-electron chi connectivity index (χ3n) is 4.74. The standard InChI is InChI=1S/C15H30N2O/c1-3-16-11-14(12-18-2)17-10-6-8-13-7-4-5-9-15(13)17/h13-16H,3-12H2,1-2H3/t13-,14?,15-/m1/s1. The molecular formula is C15H30N2O. The summed E-state index contributed by atoms with van der Waals surface area (Å²) in [5, 5.41) is 3.50. The van der Waals surface area contributed by atoms with Crippen molar-refractivity contribution >= 4 is 0 Å². The molecule has 1 N–H and O–H groups in total. The number of ether oxygens (including phenoxy) is 1. The zero-order valence-corrected chi connectivity index (χ0v) is 12.2. The zero-order chi connectivity index (χ0) is 12.8. The second-order valence-corrected chi connectivity index (χ2v) is 5.91. The number of piperidine rings is 1. The van der Waals surface area contributed by atoms with Crippen molar-refractivity contribution in [3.05, 3.63) is 0 Å². The maximum absolute atomic E-state index is 5.45. The Labute approximate surface area is 112 Å². The SMILES string of the molecule is CCNCC(COC)N1CCC[C@H]2CCCC[C@H]21. The minimum Gasteiger partial charge on any atom is -0.383 e. The quantitative estimate of drug-likeness (QED) is 0.787. The van der Waals surface area contributed by atoms with E-state index in [0.29, 0.717) is 6.04 Å². The van der Waals surface area contributed by atoms with Crippen LogP contribution in [0.2, 0.25) is 0 Å². The molecule has 2 fully saturated rings. The van der Waals surface area contributed by atoms with Gasteiger partial charge in [0.25, 0.3) is 0 Å². The first-order chi connectivity index (χ1) is 8.86. The van der Waals surface area contributed by atoms with Gasteiger partial charge in [-0.25, -0.2) is 0 Å². The lowest BCUT2D eigenvalue weighted by atomic mass is 9.78. The number of likely N-dealkylation sites (tertiary alicyclic amines) is 1. The summed E-state index contributed by atoms with van der Waals surface area (Å²) < 4.78 is 5.45. The van der Waals surface area contributed by atoms with E-state index in [0.717, 1.165) is 31.7 Å². The second kappa shape index (κ2) is 7.46. The first-order valence-corrected chi connectivity index (χ1v) is 7.82. The molecular weight excluding hydrogens is 224 g/mol. The van der Waals surface area contributed by atoms with Gasteiger partial charge in [-0.15, -0.1) is 0 Å². The molecule has 106 valence electrons. The first-order valence-electron chi connectivity index (χ1n) is 7.82. The zero-order valence-electron chi connectivity index (χ0n) is 12.2. The molecule has 1 aliphatic carbocycles. The lowest BCUT2D eigenvalue weighted by molar-refractivity contribution is -0.00283. The third-order valence-corrected chi connectivity index (χ3v) is 4.74. The van der Waals surface area contributed by atoms with Crippen LogP contribution in [-0.2, 0) is 4.74 Å². The topological polar surface area (TPSA) is 24.5 Å². The summed E-state index contributed by atoms with van der Waals surface area (Å²) in [7, 11) is 1.83. The summed E-state index contributed by atoms with van der Waals surface area (Å²) in [5.74, 6) is 0.966. The molecule has 0 spiro atoms. The molecule has 0 radical (unpaired) electrons. The first kappa shape index (κ1) is 14.3. The molecule has 0 amide bonds. The number of rotatable bonds is 6. The van der Waals surface area contributed by atoms with Gasteiger partial charge in [-0.1, -0.05) is 19.8 Å². The molecule has 1 saturated heterocycles. The van der Waals surface area contributed by atoms with E-state index in [1.165, 1.54) is 45.1 Å². The highest BCUT2D eigenvalue weighted by Gasteiger charge is 2.36. The van der Waals surface area contributed by atoms with Gasteiger partial charge in [-0.3, -0.25) is 4.90 Å². The van der Waals surface area contributed by atoms with Gasteiger partial charge in [0, 0.05) is 25.7 Å². The van der Waals surface area contributed by atoms with E-state index >= 15 is 0 Å². The molecule has 1 heterocycles. The normalized spacial score (nSPS) is 31.0. The van der Waals surface area contributed by atoms with Gasteiger partial charge in [-0.2, -0.15) is 0 Å². The monoisotopic (exact) mass is 254 g/mol. The predicted octanol–water partition coefficient (Wildman–Crippen LogP) is 2.27. The van der Waals surface area contributed by atoms with Crippen LogP contribution in [0.5, 0.6) is 0 Å². The Bertz CT molecular complexity index is 233. The van der Waals surface area contributed by atoms with Crippen LogP contribution in [0.1, 0.15) is 45.4 Å². The molecule has 1 saturated carbocycles. The van der Waals surface area contributed by atoms with E-state index in [9.17, 15) is 0 Å². The van der Waals surface area contributed by atoms with Gasteiger partial charge in [-0.05, 0) is 44.7 Å². The van der Waals surface area contributed by atoms with E-state index in [4.69, 9.17) is 4.74 Å². The van der Waals surface area contributed by atoms with E-state index in [2.05, 4.69) is 17.1 Å². The van der Waals surface area contributed by atoms with Gasteiger partial charge in [0.15, 0.2) is 0 Å². The fourth-order valence-corrected chi connectivity index (χ4v) is 3.89. The minimum atomic E-state index is 0.570. The van der Waals surface area contributed by atoms with Crippen LogP contribution in [0.3, 0.4) is 0 Å². The Morgan fingerprint density at radius 3 is 2.78 bits per heavy atom. The van der Waals surface area contributed by atoms with E-state index in [1.807, 2.05) is 7.11 Å². The molecule has 3 heteroatoms. The van der Waals surface area contributed by atoms with Gasteiger partial charge < -0.3 is 10.1 Å². The average Bonchev–Trinajstić information content (AvgIpc) is 2.43. The number of hydrogen-bond donors (Lipinski definition) is 1. The maximum Gasteiger partial charge on any atom is 0.0630 e. The van der Waals surface area contributed by atoms with Crippen molar-refractivity contribution < 1.29 is 4.74 Å². The number of hydrogen-bond acceptors (Lipinski definition) is 3. The molecule has 0 bridgehead atoms. The number of methoxy groups -OCH3 is 1. The highest BCUT2D eigenvalue weighted by molar-refractivity contribution is 4.91. The van der Waals surface area contributed by atoms with E-state index in [-0.39, 0.29) is 0 Å². The molecule has 0 aromatic rings. The lowest BCUT2D eigenvalue weighted by Crippen LogP contribution is -2.55. The Morgan fingerprint density at radius 2 is 2.00 bits per heavy atom. The molecule has 2 rings (SSSR count). The van der Waals surface area contributed by atoms with Crippen LogP contribution >= 0.6 is 0 Å². The average molecular weight is 254 g/mol. The van der Waals surface area contributed by atoms with Crippen molar-refractivity contribution in [1.82, 2.24) is 10.2 Å². The molecule has 18 heavy (non-hydrogen) atoms. The fourth-order valence-electron chi connectivity index (χ4n) is 3.89. The Hall–Kier alpha value is -0.120. The number of nitrogens with zero attached hydrogens (tertiary/aromatic N) is 1. The maximum atomic E-state index is 5.45. The smallest absolute Gasteiger partial charge is 0.0630 e. The second-order valence-electron chi connectivity index (χ2n) is 5.91. The minimum absolute atomic E-state index is 0.570. The van der Waals surface area contributed by atoms with Crippen molar-refractivity contribution in [2.24, 2.45) is 5.92 Å².